The maximum atomic E-state index is 12.8. The number of hydrogen-bond acceptors (Lipinski definition) is 3. The number of morpholine rings is 1. The van der Waals surface area contributed by atoms with Crippen LogP contribution in [0.25, 0.3) is 0 Å². The van der Waals surface area contributed by atoms with Crippen molar-refractivity contribution in [3.8, 4) is 0 Å². The van der Waals surface area contributed by atoms with Gasteiger partial charge in [-0.2, -0.15) is 13.2 Å². The molecule has 1 aromatic carbocycles. The van der Waals surface area contributed by atoms with Gasteiger partial charge in [-0.15, -0.1) is 0 Å². The molecule has 1 amide bonds. The van der Waals surface area contributed by atoms with Crippen LogP contribution in [0.4, 0.5) is 13.2 Å². The molecule has 0 spiro atoms. The second-order valence-corrected chi connectivity index (χ2v) is 6.26. The highest BCUT2D eigenvalue weighted by atomic mass is 19.4. The molecule has 2 aliphatic heterocycles. The van der Waals surface area contributed by atoms with Crippen molar-refractivity contribution in [1.29, 1.82) is 0 Å². The van der Waals surface area contributed by atoms with Crippen LogP contribution in [0, 0.1) is 0 Å². The second-order valence-electron chi connectivity index (χ2n) is 6.26. The largest absolute Gasteiger partial charge is 0.416 e. The van der Waals surface area contributed by atoms with Gasteiger partial charge in [0.1, 0.15) is 0 Å². The summed E-state index contributed by atoms with van der Waals surface area (Å²) in [4.78, 5) is 16.5. The molecule has 0 unspecified atom stereocenters. The van der Waals surface area contributed by atoms with Crippen LogP contribution in [-0.2, 0) is 22.3 Å². The Hall–Kier alpha value is -1.60. The molecular formula is C17H21F3N2O2. The summed E-state index contributed by atoms with van der Waals surface area (Å²) in [6.45, 7) is 3.52. The number of piperidine rings is 1. The summed E-state index contributed by atoms with van der Waals surface area (Å²) in [7, 11) is 0. The van der Waals surface area contributed by atoms with E-state index in [-0.39, 0.29) is 18.5 Å². The zero-order chi connectivity index (χ0) is 17.2. The highest BCUT2D eigenvalue weighted by molar-refractivity contribution is 5.82. The number of likely N-dealkylation sites (tertiary alicyclic amines) is 1. The molecule has 0 saturated carbocycles. The molecule has 3 rings (SSSR count). The minimum atomic E-state index is -4.36. The van der Waals surface area contributed by atoms with Gasteiger partial charge >= 0.3 is 6.18 Å². The van der Waals surface area contributed by atoms with Crippen molar-refractivity contribution in [1.82, 2.24) is 9.80 Å². The molecule has 0 bridgehead atoms. The third kappa shape index (κ3) is 3.89. The zero-order valence-corrected chi connectivity index (χ0v) is 13.4. The molecule has 2 heterocycles. The number of carbonyl (C=O) groups excluding carboxylic acids is 1. The lowest BCUT2D eigenvalue weighted by Crippen LogP contribution is -2.54. The molecule has 2 saturated heterocycles. The Bertz CT molecular complexity index is 585. The van der Waals surface area contributed by atoms with Crippen molar-refractivity contribution in [2.45, 2.75) is 31.6 Å². The van der Waals surface area contributed by atoms with E-state index in [4.69, 9.17) is 4.74 Å². The van der Waals surface area contributed by atoms with Crippen molar-refractivity contribution in [2.75, 3.05) is 32.8 Å². The number of hydrogen-bond donors (Lipinski definition) is 0. The van der Waals surface area contributed by atoms with Crippen molar-refractivity contribution in [3.63, 3.8) is 0 Å². The predicted octanol–water partition coefficient (Wildman–Crippen LogP) is 2.53. The number of halogens is 3. The van der Waals surface area contributed by atoms with E-state index in [2.05, 4.69) is 4.90 Å². The SMILES string of the molecule is O=C1[C@@H](N2CCOCC2)CCCN1Cc1cccc(C(F)(F)F)c1. The van der Waals surface area contributed by atoms with E-state index in [1.165, 1.54) is 6.07 Å². The quantitative estimate of drug-likeness (QED) is 0.846. The lowest BCUT2D eigenvalue weighted by molar-refractivity contribution is -0.142. The average Bonchev–Trinajstić information content (AvgIpc) is 2.57. The van der Waals surface area contributed by atoms with Gasteiger partial charge < -0.3 is 9.64 Å². The first-order valence-corrected chi connectivity index (χ1v) is 8.22. The molecule has 2 fully saturated rings. The normalized spacial score (nSPS) is 23.5. The van der Waals surface area contributed by atoms with Crippen LogP contribution in [0.2, 0.25) is 0 Å². The van der Waals surface area contributed by atoms with E-state index >= 15 is 0 Å². The number of alkyl halides is 3. The van der Waals surface area contributed by atoms with E-state index in [1.807, 2.05) is 0 Å². The third-order valence-corrected chi connectivity index (χ3v) is 4.62. The topological polar surface area (TPSA) is 32.8 Å². The van der Waals surface area contributed by atoms with E-state index < -0.39 is 11.7 Å². The molecule has 0 radical (unpaired) electrons. The molecule has 7 heteroatoms. The molecular weight excluding hydrogens is 321 g/mol. The summed E-state index contributed by atoms with van der Waals surface area (Å²) in [5.74, 6) is 0.0144. The Kier molecular flexibility index (Phi) is 5.10. The van der Waals surface area contributed by atoms with Gasteiger partial charge in [-0.1, -0.05) is 12.1 Å². The van der Waals surface area contributed by atoms with Crippen molar-refractivity contribution in [2.24, 2.45) is 0 Å². The summed E-state index contributed by atoms with van der Waals surface area (Å²) >= 11 is 0. The first kappa shape index (κ1) is 17.2. The predicted molar refractivity (Wildman–Crippen MR) is 82.3 cm³/mol. The Balaban J connectivity index is 1.69. The van der Waals surface area contributed by atoms with Crippen LogP contribution in [0.3, 0.4) is 0 Å². The monoisotopic (exact) mass is 342 g/mol. The Morgan fingerprint density at radius 1 is 1.17 bits per heavy atom. The van der Waals surface area contributed by atoms with Gasteiger partial charge in [0.2, 0.25) is 5.91 Å². The van der Waals surface area contributed by atoms with E-state index in [0.29, 0.717) is 25.3 Å². The molecule has 4 nitrogen and oxygen atoms in total. The number of ether oxygens (including phenoxy) is 1. The van der Waals surface area contributed by atoms with Crippen molar-refractivity contribution < 1.29 is 22.7 Å². The summed E-state index contributed by atoms with van der Waals surface area (Å²) in [5, 5.41) is 0. The van der Waals surface area contributed by atoms with Gasteiger partial charge in [0.05, 0.1) is 24.8 Å². The minimum Gasteiger partial charge on any atom is -0.379 e. The fraction of sp³-hybridized carbons (Fsp3) is 0.588. The number of nitrogens with zero attached hydrogens (tertiary/aromatic N) is 2. The van der Waals surface area contributed by atoms with Crippen LogP contribution in [0.15, 0.2) is 24.3 Å². The van der Waals surface area contributed by atoms with Gasteiger partial charge in [-0.3, -0.25) is 9.69 Å². The molecule has 0 aliphatic carbocycles. The smallest absolute Gasteiger partial charge is 0.379 e. The van der Waals surface area contributed by atoms with Crippen LogP contribution in [0.5, 0.6) is 0 Å². The highest BCUT2D eigenvalue weighted by Gasteiger charge is 2.34. The molecule has 0 N–H and O–H groups in total. The minimum absolute atomic E-state index is 0.0144. The standard InChI is InChI=1S/C17H21F3N2O2/c18-17(19,20)14-4-1-3-13(11-14)12-22-6-2-5-15(16(22)23)21-7-9-24-10-8-21/h1,3-4,11,15H,2,5-10,12H2/t15-/m0/s1. The van der Waals surface area contributed by atoms with Crippen LogP contribution in [-0.4, -0.2) is 54.6 Å². The maximum absolute atomic E-state index is 12.8. The molecule has 0 aromatic heterocycles. The molecule has 1 atom stereocenters. The summed E-state index contributed by atoms with van der Waals surface area (Å²) < 4.78 is 43.8. The first-order chi connectivity index (χ1) is 11.4. The fourth-order valence-electron chi connectivity index (χ4n) is 3.37. The number of benzene rings is 1. The summed E-state index contributed by atoms with van der Waals surface area (Å²) in [6.07, 6.45) is -2.69. The molecule has 132 valence electrons. The zero-order valence-electron chi connectivity index (χ0n) is 13.4. The maximum Gasteiger partial charge on any atom is 0.416 e. The second kappa shape index (κ2) is 7.11. The van der Waals surface area contributed by atoms with Crippen molar-refractivity contribution in [3.05, 3.63) is 35.4 Å². The Morgan fingerprint density at radius 3 is 2.62 bits per heavy atom. The molecule has 24 heavy (non-hydrogen) atoms. The van der Waals surface area contributed by atoms with Crippen LogP contribution < -0.4 is 0 Å². The van der Waals surface area contributed by atoms with Gasteiger partial charge in [0.15, 0.2) is 0 Å². The van der Waals surface area contributed by atoms with Crippen LogP contribution >= 0.6 is 0 Å². The van der Waals surface area contributed by atoms with Gasteiger partial charge in [0, 0.05) is 26.2 Å². The fourth-order valence-corrected chi connectivity index (χ4v) is 3.37. The third-order valence-electron chi connectivity index (χ3n) is 4.62. The van der Waals surface area contributed by atoms with Gasteiger partial charge in [-0.05, 0) is 30.5 Å². The Morgan fingerprint density at radius 2 is 1.92 bits per heavy atom. The number of rotatable bonds is 3. The lowest BCUT2D eigenvalue weighted by Gasteiger charge is -2.40. The number of amides is 1. The van der Waals surface area contributed by atoms with E-state index in [0.717, 1.165) is 38.1 Å². The Labute approximate surface area is 139 Å². The van der Waals surface area contributed by atoms with E-state index in [1.54, 1.807) is 11.0 Å². The van der Waals surface area contributed by atoms with Crippen LogP contribution in [0.1, 0.15) is 24.0 Å². The van der Waals surface area contributed by atoms with Gasteiger partial charge in [-0.25, -0.2) is 0 Å². The molecule has 1 aromatic rings. The van der Waals surface area contributed by atoms with Gasteiger partial charge in [0.25, 0.3) is 0 Å². The average molecular weight is 342 g/mol. The summed E-state index contributed by atoms with van der Waals surface area (Å²) in [5.41, 5.74) is -0.157. The number of carbonyl (C=O) groups is 1. The van der Waals surface area contributed by atoms with Crippen molar-refractivity contribution >= 4 is 5.91 Å². The van der Waals surface area contributed by atoms with E-state index in [9.17, 15) is 18.0 Å². The highest BCUT2D eigenvalue weighted by Crippen LogP contribution is 2.30. The lowest BCUT2D eigenvalue weighted by atomic mass is 10.0. The molecule has 2 aliphatic rings. The summed E-state index contributed by atoms with van der Waals surface area (Å²) in [6, 6.07) is 5.05. The first-order valence-electron chi connectivity index (χ1n) is 8.22.